The molecule has 0 aliphatic heterocycles. The number of carbonyl (C=O) groups is 2. The van der Waals surface area contributed by atoms with Gasteiger partial charge in [0.2, 0.25) is 0 Å². The number of pyridine rings is 1. The zero-order valence-electron chi connectivity index (χ0n) is 16.7. The lowest BCUT2D eigenvalue weighted by atomic mass is 10.2. The molecule has 0 spiro atoms. The summed E-state index contributed by atoms with van der Waals surface area (Å²) in [4.78, 5) is 30.9. The van der Waals surface area contributed by atoms with Crippen LogP contribution in [-0.2, 0) is 9.53 Å². The van der Waals surface area contributed by atoms with Crippen LogP contribution in [0.4, 0.5) is 22.0 Å². The van der Waals surface area contributed by atoms with Gasteiger partial charge in [-0.15, -0.1) is 0 Å². The zero-order valence-corrected chi connectivity index (χ0v) is 16.7. The molecule has 0 aliphatic rings. The first kappa shape index (κ1) is 21.0. The minimum absolute atomic E-state index is 0.245. The van der Waals surface area contributed by atoms with Crippen molar-refractivity contribution in [3.8, 4) is 5.75 Å². The summed E-state index contributed by atoms with van der Waals surface area (Å²) in [6, 6.07) is 9.40. The fourth-order valence-electron chi connectivity index (χ4n) is 2.49. The summed E-state index contributed by atoms with van der Waals surface area (Å²) in [5, 5.41) is 2.55. The van der Waals surface area contributed by atoms with Crippen LogP contribution in [0.3, 0.4) is 0 Å². The maximum atomic E-state index is 13.3. The molecule has 8 heteroatoms. The first-order valence-corrected chi connectivity index (χ1v) is 8.81. The lowest BCUT2D eigenvalue weighted by Gasteiger charge is -2.28. The number of hydrogen-bond acceptors (Lipinski definition) is 6. The SMILES string of the molecule is COc1ccccc1N(C(=O)C(C)NC(=O)OC(C)(C)C)c1ncccc1N. The molecule has 8 nitrogen and oxygen atoms in total. The summed E-state index contributed by atoms with van der Waals surface area (Å²) in [5.74, 6) is 0.265. The topological polar surface area (TPSA) is 107 Å². The van der Waals surface area contributed by atoms with Gasteiger partial charge in [-0.1, -0.05) is 12.1 Å². The summed E-state index contributed by atoms with van der Waals surface area (Å²) in [6.45, 7) is 6.80. The number of aromatic nitrogens is 1. The number of hydrogen-bond donors (Lipinski definition) is 2. The molecular weight excluding hydrogens is 360 g/mol. The Morgan fingerprint density at radius 3 is 2.46 bits per heavy atom. The minimum atomic E-state index is -0.902. The van der Waals surface area contributed by atoms with Crippen LogP contribution in [0.15, 0.2) is 42.6 Å². The molecule has 0 saturated carbocycles. The molecular formula is C20H26N4O4. The molecule has 2 aromatic rings. The molecule has 1 heterocycles. The van der Waals surface area contributed by atoms with E-state index in [0.717, 1.165) is 0 Å². The first-order valence-electron chi connectivity index (χ1n) is 8.81. The van der Waals surface area contributed by atoms with Gasteiger partial charge < -0.3 is 20.5 Å². The highest BCUT2D eigenvalue weighted by Gasteiger charge is 2.30. The Hall–Kier alpha value is -3.29. The van der Waals surface area contributed by atoms with Crippen molar-refractivity contribution in [3.63, 3.8) is 0 Å². The summed E-state index contributed by atoms with van der Waals surface area (Å²) < 4.78 is 10.6. The number of benzene rings is 1. The zero-order chi connectivity index (χ0) is 20.9. The average Bonchev–Trinajstić information content (AvgIpc) is 2.62. The number of nitrogens with one attached hydrogen (secondary N) is 1. The summed E-state index contributed by atoms with van der Waals surface area (Å²) in [6.07, 6.45) is 0.843. The highest BCUT2D eigenvalue weighted by Crippen LogP contribution is 2.35. The van der Waals surface area contributed by atoms with Gasteiger partial charge in [0.05, 0.1) is 18.5 Å². The molecule has 0 bridgehead atoms. The third kappa shape index (κ3) is 5.12. The van der Waals surface area contributed by atoms with Crippen LogP contribution in [0.25, 0.3) is 0 Å². The van der Waals surface area contributed by atoms with Gasteiger partial charge in [0.25, 0.3) is 5.91 Å². The van der Waals surface area contributed by atoms with E-state index in [1.165, 1.54) is 18.2 Å². The Morgan fingerprint density at radius 2 is 1.86 bits per heavy atom. The minimum Gasteiger partial charge on any atom is -0.495 e. The Kier molecular flexibility index (Phi) is 6.45. The Labute approximate surface area is 164 Å². The van der Waals surface area contributed by atoms with Crippen LogP contribution < -0.4 is 20.7 Å². The first-order chi connectivity index (χ1) is 13.1. The molecule has 0 aliphatic carbocycles. The van der Waals surface area contributed by atoms with E-state index in [-0.39, 0.29) is 5.82 Å². The number of nitrogens with zero attached hydrogens (tertiary/aromatic N) is 2. The standard InChI is InChI=1S/C20H26N4O4/c1-13(23-19(26)28-20(2,3)4)18(25)24(17-14(21)9-8-12-22-17)15-10-6-7-11-16(15)27-5/h6-13H,21H2,1-5H3,(H,23,26). The van der Waals surface area contributed by atoms with E-state index < -0.39 is 23.6 Å². The van der Waals surface area contributed by atoms with Gasteiger partial charge in [0, 0.05) is 6.20 Å². The largest absolute Gasteiger partial charge is 0.495 e. The molecule has 1 unspecified atom stereocenters. The van der Waals surface area contributed by atoms with E-state index in [0.29, 0.717) is 17.1 Å². The molecule has 0 fully saturated rings. The van der Waals surface area contributed by atoms with Gasteiger partial charge in [-0.05, 0) is 52.0 Å². The maximum Gasteiger partial charge on any atom is 0.408 e. The van der Waals surface area contributed by atoms with Gasteiger partial charge in [0.1, 0.15) is 17.4 Å². The molecule has 2 amide bonds. The third-order valence-electron chi connectivity index (χ3n) is 3.68. The fraction of sp³-hybridized carbons (Fsp3) is 0.350. The maximum absolute atomic E-state index is 13.3. The van der Waals surface area contributed by atoms with Gasteiger partial charge in [-0.25, -0.2) is 9.78 Å². The number of ether oxygens (including phenoxy) is 2. The van der Waals surface area contributed by atoms with Gasteiger partial charge >= 0.3 is 6.09 Å². The normalized spacial score (nSPS) is 12.0. The van der Waals surface area contributed by atoms with Crippen LogP contribution in [0.1, 0.15) is 27.7 Å². The number of nitrogens with two attached hydrogens (primary N) is 1. The molecule has 150 valence electrons. The van der Waals surface area contributed by atoms with E-state index in [1.54, 1.807) is 64.1 Å². The Balaban J connectivity index is 2.41. The van der Waals surface area contributed by atoms with Gasteiger partial charge in [0.15, 0.2) is 5.82 Å². The second-order valence-corrected chi connectivity index (χ2v) is 7.13. The Morgan fingerprint density at radius 1 is 1.18 bits per heavy atom. The van der Waals surface area contributed by atoms with Crippen molar-refractivity contribution in [1.82, 2.24) is 10.3 Å². The fourth-order valence-corrected chi connectivity index (χ4v) is 2.49. The Bertz CT molecular complexity index is 848. The van der Waals surface area contributed by atoms with Crippen molar-refractivity contribution in [3.05, 3.63) is 42.6 Å². The van der Waals surface area contributed by atoms with Crippen LogP contribution >= 0.6 is 0 Å². The smallest absolute Gasteiger partial charge is 0.408 e. The van der Waals surface area contributed by atoms with Crippen molar-refractivity contribution >= 4 is 29.2 Å². The molecule has 2 rings (SSSR count). The molecule has 1 aromatic heterocycles. The van der Waals surface area contributed by atoms with E-state index in [9.17, 15) is 9.59 Å². The molecule has 1 atom stereocenters. The van der Waals surface area contributed by atoms with E-state index in [4.69, 9.17) is 15.2 Å². The lowest BCUT2D eigenvalue weighted by Crippen LogP contribution is -2.47. The van der Waals surface area contributed by atoms with Crippen LogP contribution in [0, 0.1) is 0 Å². The van der Waals surface area contributed by atoms with Crippen LogP contribution in [0.2, 0.25) is 0 Å². The third-order valence-corrected chi connectivity index (χ3v) is 3.68. The number of nitrogen functional groups attached to an aromatic ring is 1. The molecule has 3 N–H and O–H groups in total. The quantitative estimate of drug-likeness (QED) is 0.817. The number of carbonyl (C=O) groups excluding carboxylic acids is 2. The predicted octanol–water partition coefficient (Wildman–Crippen LogP) is 3.25. The van der Waals surface area contributed by atoms with Crippen molar-refractivity contribution in [2.24, 2.45) is 0 Å². The number of rotatable bonds is 5. The van der Waals surface area contributed by atoms with Crippen molar-refractivity contribution < 1.29 is 19.1 Å². The van der Waals surface area contributed by atoms with Crippen molar-refractivity contribution in [1.29, 1.82) is 0 Å². The summed E-state index contributed by atoms with van der Waals surface area (Å²) >= 11 is 0. The van der Waals surface area contributed by atoms with Crippen LogP contribution in [-0.4, -0.2) is 35.7 Å². The van der Waals surface area contributed by atoms with Crippen molar-refractivity contribution in [2.75, 3.05) is 17.7 Å². The summed E-state index contributed by atoms with van der Waals surface area (Å²) in [7, 11) is 1.51. The van der Waals surface area contributed by atoms with Crippen molar-refractivity contribution in [2.45, 2.75) is 39.3 Å². The summed E-state index contributed by atoms with van der Waals surface area (Å²) in [5.41, 5.74) is 6.15. The number of para-hydroxylation sites is 2. The second kappa shape index (κ2) is 8.60. The van der Waals surface area contributed by atoms with E-state index in [2.05, 4.69) is 10.3 Å². The monoisotopic (exact) mass is 386 g/mol. The molecule has 0 radical (unpaired) electrons. The second-order valence-electron chi connectivity index (χ2n) is 7.13. The number of amides is 2. The number of alkyl carbamates (subject to hydrolysis) is 1. The average molecular weight is 386 g/mol. The number of methoxy groups -OCH3 is 1. The van der Waals surface area contributed by atoms with E-state index >= 15 is 0 Å². The highest BCUT2D eigenvalue weighted by molar-refractivity contribution is 6.06. The highest BCUT2D eigenvalue weighted by atomic mass is 16.6. The van der Waals surface area contributed by atoms with Gasteiger partial charge in [-0.2, -0.15) is 0 Å². The molecule has 0 saturated heterocycles. The number of anilines is 3. The van der Waals surface area contributed by atoms with Crippen LogP contribution in [0.5, 0.6) is 5.75 Å². The molecule has 1 aromatic carbocycles. The van der Waals surface area contributed by atoms with E-state index in [1.807, 2.05) is 0 Å². The van der Waals surface area contributed by atoms with Gasteiger partial charge in [-0.3, -0.25) is 9.69 Å². The lowest BCUT2D eigenvalue weighted by molar-refractivity contribution is -0.119. The predicted molar refractivity (Wildman–Crippen MR) is 108 cm³/mol. The molecule has 28 heavy (non-hydrogen) atoms.